The molecule has 1 aliphatic carbocycles. The lowest BCUT2D eigenvalue weighted by Gasteiger charge is -2.39. The van der Waals surface area contributed by atoms with Crippen molar-refractivity contribution in [2.75, 3.05) is 7.11 Å². The molecule has 2 N–H and O–H groups in total. The molecular formula is C15H20O4. The zero-order valence-corrected chi connectivity index (χ0v) is 11.6. The third-order valence-corrected chi connectivity index (χ3v) is 4.09. The second kappa shape index (κ2) is 4.76. The van der Waals surface area contributed by atoms with Gasteiger partial charge in [-0.25, -0.2) is 0 Å². The van der Waals surface area contributed by atoms with Gasteiger partial charge in [0, 0.05) is 5.56 Å². The van der Waals surface area contributed by atoms with Gasteiger partial charge >= 0.3 is 5.97 Å². The van der Waals surface area contributed by atoms with Crippen molar-refractivity contribution in [2.24, 2.45) is 0 Å². The zero-order valence-electron chi connectivity index (χ0n) is 11.6. The Morgan fingerprint density at radius 3 is 2.37 bits per heavy atom. The Morgan fingerprint density at radius 2 is 2.00 bits per heavy atom. The summed E-state index contributed by atoms with van der Waals surface area (Å²) in [4.78, 5) is 11.6. The number of carboxylic acids is 1. The fourth-order valence-corrected chi connectivity index (χ4v) is 2.67. The van der Waals surface area contributed by atoms with Gasteiger partial charge in [0.25, 0.3) is 0 Å². The van der Waals surface area contributed by atoms with E-state index in [-0.39, 0.29) is 11.7 Å². The summed E-state index contributed by atoms with van der Waals surface area (Å²) in [6.07, 6.45) is 2.08. The standard InChI is InChI=1S/C15H20O4/c1-9(2)10-7-11(13(19-3)12(16)8-10)15(14(17)18)5-4-6-15/h7-9,16H,4-6H2,1-3H3,(H,17,18). The number of phenols is 1. The molecule has 0 bridgehead atoms. The second-order valence-electron chi connectivity index (χ2n) is 5.52. The number of aromatic hydroxyl groups is 1. The number of methoxy groups -OCH3 is 1. The van der Waals surface area contributed by atoms with E-state index >= 15 is 0 Å². The summed E-state index contributed by atoms with van der Waals surface area (Å²) in [7, 11) is 1.46. The van der Waals surface area contributed by atoms with Crippen LogP contribution < -0.4 is 4.74 Å². The summed E-state index contributed by atoms with van der Waals surface area (Å²) < 4.78 is 5.23. The van der Waals surface area contributed by atoms with Crippen LogP contribution in [0.2, 0.25) is 0 Å². The summed E-state index contributed by atoms with van der Waals surface area (Å²) in [6, 6.07) is 3.53. The molecule has 0 unspecified atom stereocenters. The van der Waals surface area contributed by atoms with E-state index in [1.54, 1.807) is 6.07 Å². The first-order valence-electron chi connectivity index (χ1n) is 6.57. The predicted molar refractivity (Wildman–Crippen MR) is 71.9 cm³/mol. The summed E-state index contributed by atoms with van der Waals surface area (Å²) >= 11 is 0. The van der Waals surface area contributed by atoms with E-state index < -0.39 is 11.4 Å². The van der Waals surface area contributed by atoms with Crippen LogP contribution in [0.25, 0.3) is 0 Å². The Hall–Kier alpha value is -1.71. The SMILES string of the molecule is COc1c(O)cc(C(C)C)cc1C1(C(=O)O)CCC1. The summed E-state index contributed by atoms with van der Waals surface area (Å²) in [5.41, 5.74) is 0.645. The Balaban J connectivity index is 2.63. The fraction of sp³-hybridized carbons (Fsp3) is 0.533. The minimum atomic E-state index is -0.895. The van der Waals surface area contributed by atoms with E-state index in [0.717, 1.165) is 12.0 Å². The van der Waals surface area contributed by atoms with Crippen molar-refractivity contribution in [3.8, 4) is 11.5 Å². The zero-order chi connectivity index (χ0) is 14.2. The summed E-state index contributed by atoms with van der Waals surface area (Å²) in [6.45, 7) is 4.03. The van der Waals surface area contributed by atoms with Gasteiger partial charge < -0.3 is 14.9 Å². The van der Waals surface area contributed by atoms with Gasteiger partial charge in [-0.3, -0.25) is 4.79 Å². The van der Waals surface area contributed by atoms with E-state index in [4.69, 9.17) is 4.74 Å². The smallest absolute Gasteiger partial charge is 0.314 e. The summed E-state index contributed by atoms with van der Waals surface area (Å²) in [5.74, 6) is -0.290. The first kappa shape index (κ1) is 13.7. The molecule has 0 spiro atoms. The first-order valence-corrected chi connectivity index (χ1v) is 6.57. The van der Waals surface area contributed by atoms with E-state index in [9.17, 15) is 15.0 Å². The highest BCUT2D eigenvalue weighted by Gasteiger charge is 2.48. The molecule has 1 aromatic carbocycles. The molecule has 0 saturated heterocycles. The average molecular weight is 264 g/mol. The molecule has 2 rings (SSSR count). The number of aliphatic carboxylic acids is 1. The average Bonchev–Trinajstić information content (AvgIpc) is 2.26. The molecule has 0 heterocycles. The molecule has 0 atom stereocenters. The Morgan fingerprint density at radius 1 is 1.37 bits per heavy atom. The molecule has 4 heteroatoms. The molecule has 19 heavy (non-hydrogen) atoms. The van der Waals surface area contributed by atoms with Crippen molar-refractivity contribution in [2.45, 2.75) is 44.4 Å². The molecule has 1 saturated carbocycles. The van der Waals surface area contributed by atoms with Crippen LogP contribution in [0.4, 0.5) is 0 Å². The topological polar surface area (TPSA) is 66.8 Å². The van der Waals surface area contributed by atoms with Gasteiger partial charge in [-0.15, -0.1) is 0 Å². The number of carbonyl (C=O) groups is 1. The van der Waals surface area contributed by atoms with E-state index in [0.29, 0.717) is 24.2 Å². The van der Waals surface area contributed by atoms with Gasteiger partial charge in [0.05, 0.1) is 12.5 Å². The molecule has 1 fully saturated rings. The maximum Gasteiger partial charge on any atom is 0.314 e. The molecular weight excluding hydrogens is 244 g/mol. The van der Waals surface area contributed by atoms with Crippen LogP contribution in [0.1, 0.15) is 50.2 Å². The third-order valence-electron chi connectivity index (χ3n) is 4.09. The molecule has 1 aliphatic rings. The number of rotatable bonds is 4. The lowest BCUT2D eigenvalue weighted by atomic mass is 9.63. The number of carboxylic acid groups (broad SMARTS) is 1. The maximum absolute atomic E-state index is 11.6. The van der Waals surface area contributed by atoms with Crippen molar-refractivity contribution < 1.29 is 19.7 Å². The third kappa shape index (κ3) is 2.05. The molecule has 0 amide bonds. The van der Waals surface area contributed by atoms with Crippen LogP contribution in [0.15, 0.2) is 12.1 Å². The predicted octanol–water partition coefficient (Wildman–Crippen LogP) is 3.03. The highest BCUT2D eigenvalue weighted by atomic mass is 16.5. The van der Waals surface area contributed by atoms with Gasteiger partial charge in [-0.2, -0.15) is 0 Å². The molecule has 4 nitrogen and oxygen atoms in total. The monoisotopic (exact) mass is 264 g/mol. The number of hydrogen-bond donors (Lipinski definition) is 2. The van der Waals surface area contributed by atoms with Gasteiger partial charge in [0.15, 0.2) is 11.5 Å². The van der Waals surface area contributed by atoms with E-state index in [2.05, 4.69) is 0 Å². The highest BCUT2D eigenvalue weighted by molar-refractivity contribution is 5.84. The van der Waals surface area contributed by atoms with E-state index in [1.807, 2.05) is 19.9 Å². The van der Waals surface area contributed by atoms with Crippen LogP contribution in [0.3, 0.4) is 0 Å². The molecule has 0 aromatic heterocycles. The van der Waals surface area contributed by atoms with Crippen molar-refractivity contribution in [1.82, 2.24) is 0 Å². The Kier molecular flexibility index (Phi) is 3.43. The molecule has 0 radical (unpaired) electrons. The molecule has 1 aromatic rings. The fourth-order valence-electron chi connectivity index (χ4n) is 2.67. The van der Waals surface area contributed by atoms with Crippen molar-refractivity contribution in [1.29, 1.82) is 0 Å². The number of hydrogen-bond acceptors (Lipinski definition) is 3. The van der Waals surface area contributed by atoms with Crippen molar-refractivity contribution in [3.63, 3.8) is 0 Å². The van der Waals surface area contributed by atoms with Crippen LogP contribution in [0.5, 0.6) is 11.5 Å². The quantitative estimate of drug-likeness (QED) is 0.877. The van der Waals surface area contributed by atoms with Gasteiger partial charge in [0.2, 0.25) is 0 Å². The minimum absolute atomic E-state index is 0.0243. The lowest BCUT2D eigenvalue weighted by Crippen LogP contribution is -2.42. The summed E-state index contributed by atoms with van der Waals surface area (Å²) in [5, 5.41) is 19.6. The number of benzene rings is 1. The number of ether oxygens (including phenoxy) is 1. The number of phenolic OH excluding ortho intramolecular Hbond substituents is 1. The maximum atomic E-state index is 11.6. The van der Waals surface area contributed by atoms with Gasteiger partial charge in [-0.05, 0) is 30.4 Å². The second-order valence-corrected chi connectivity index (χ2v) is 5.52. The van der Waals surface area contributed by atoms with Crippen LogP contribution >= 0.6 is 0 Å². The van der Waals surface area contributed by atoms with Crippen molar-refractivity contribution >= 4 is 5.97 Å². The Bertz CT molecular complexity index is 501. The van der Waals surface area contributed by atoms with Gasteiger partial charge in [0.1, 0.15) is 0 Å². The molecule has 0 aliphatic heterocycles. The van der Waals surface area contributed by atoms with Crippen LogP contribution in [-0.4, -0.2) is 23.3 Å². The first-order chi connectivity index (χ1) is 8.92. The van der Waals surface area contributed by atoms with Gasteiger partial charge in [-0.1, -0.05) is 26.3 Å². The van der Waals surface area contributed by atoms with Crippen LogP contribution in [0, 0.1) is 0 Å². The largest absolute Gasteiger partial charge is 0.504 e. The minimum Gasteiger partial charge on any atom is -0.504 e. The lowest BCUT2D eigenvalue weighted by molar-refractivity contribution is -0.147. The highest BCUT2D eigenvalue weighted by Crippen LogP contribution is 2.50. The Labute approximate surface area is 113 Å². The normalized spacial score (nSPS) is 17.1. The van der Waals surface area contributed by atoms with Crippen molar-refractivity contribution in [3.05, 3.63) is 23.3 Å². The van der Waals surface area contributed by atoms with E-state index in [1.165, 1.54) is 7.11 Å². The molecule has 104 valence electrons. The van der Waals surface area contributed by atoms with Crippen LogP contribution in [-0.2, 0) is 10.2 Å².